The third-order valence-corrected chi connectivity index (χ3v) is 2.86. The zero-order chi connectivity index (χ0) is 11.7. The fourth-order valence-electron chi connectivity index (χ4n) is 1.32. The molecular formula is C11H11BrN2O2. The number of halogens is 1. The molecule has 0 saturated heterocycles. The first-order valence-corrected chi connectivity index (χ1v) is 5.65. The van der Waals surface area contributed by atoms with Crippen LogP contribution in [0.5, 0.6) is 0 Å². The smallest absolute Gasteiger partial charge is 0.259 e. The summed E-state index contributed by atoms with van der Waals surface area (Å²) in [7, 11) is 0. The van der Waals surface area contributed by atoms with Gasteiger partial charge in [0.25, 0.3) is 5.89 Å². The first-order valence-electron chi connectivity index (χ1n) is 4.86. The summed E-state index contributed by atoms with van der Waals surface area (Å²) >= 11 is 3.42. The fraction of sp³-hybridized carbons (Fsp3) is 0.273. The summed E-state index contributed by atoms with van der Waals surface area (Å²) in [5.74, 6) is 0.704. The SMILES string of the molecule is Cc1ccc(Br)c(-c2nc(C(C)O)no2)c1. The molecule has 0 amide bonds. The summed E-state index contributed by atoms with van der Waals surface area (Å²) in [6.45, 7) is 3.59. The number of aromatic nitrogens is 2. The van der Waals surface area contributed by atoms with E-state index in [1.807, 2.05) is 25.1 Å². The van der Waals surface area contributed by atoms with Gasteiger partial charge in [0.15, 0.2) is 5.82 Å². The Balaban J connectivity index is 2.46. The molecule has 2 aromatic rings. The number of rotatable bonds is 2. The van der Waals surface area contributed by atoms with Crippen LogP contribution in [0.4, 0.5) is 0 Å². The highest BCUT2D eigenvalue weighted by atomic mass is 79.9. The number of hydrogen-bond acceptors (Lipinski definition) is 4. The van der Waals surface area contributed by atoms with Gasteiger partial charge in [-0.1, -0.05) is 16.8 Å². The second-order valence-corrected chi connectivity index (χ2v) is 4.47. The maximum Gasteiger partial charge on any atom is 0.259 e. The summed E-state index contributed by atoms with van der Waals surface area (Å²) < 4.78 is 5.98. The molecule has 0 bridgehead atoms. The molecule has 1 unspecified atom stereocenters. The Morgan fingerprint density at radius 2 is 2.19 bits per heavy atom. The van der Waals surface area contributed by atoms with Crippen molar-refractivity contribution >= 4 is 15.9 Å². The molecule has 84 valence electrons. The summed E-state index contributed by atoms with van der Waals surface area (Å²) in [6, 6.07) is 5.86. The molecule has 16 heavy (non-hydrogen) atoms. The number of nitrogens with zero attached hydrogens (tertiary/aromatic N) is 2. The quantitative estimate of drug-likeness (QED) is 0.920. The van der Waals surface area contributed by atoms with Crippen molar-refractivity contribution in [1.82, 2.24) is 10.1 Å². The Morgan fingerprint density at radius 3 is 2.81 bits per heavy atom. The van der Waals surface area contributed by atoms with Crippen molar-refractivity contribution in [2.45, 2.75) is 20.0 Å². The normalized spacial score (nSPS) is 12.8. The number of hydrogen-bond donors (Lipinski definition) is 1. The Morgan fingerprint density at radius 1 is 1.44 bits per heavy atom. The summed E-state index contributed by atoms with van der Waals surface area (Å²) in [4.78, 5) is 4.12. The molecule has 1 aromatic heterocycles. The van der Waals surface area contributed by atoms with Crippen LogP contribution in [0, 0.1) is 6.92 Å². The van der Waals surface area contributed by atoms with Gasteiger partial charge < -0.3 is 9.63 Å². The van der Waals surface area contributed by atoms with E-state index in [0.29, 0.717) is 11.7 Å². The minimum Gasteiger partial charge on any atom is -0.385 e. The van der Waals surface area contributed by atoms with Crippen molar-refractivity contribution < 1.29 is 9.63 Å². The lowest BCUT2D eigenvalue weighted by Gasteiger charge is -2.00. The molecule has 0 radical (unpaired) electrons. The second-order valence-electron chi connectivity index (χ2n) is 3.62. The van der Waals surface area contributed by atoms with Gasteiger partial charge in [-0.3, -0.25) is 0 Å². The van der Waals surface area contributed by atoms with E-state index in [1.54, 1.807) is 6.92 Å². The van der Waals surface area contributed by atoms with E-state index in [9.17, 15) is 5.11 Å². The largest absolute Gasteiger partial charge is 0.385 e. The van der Waals surface area contributed by atoms with Crippen LogP contribution < -0.4 is 0 Å². The Hall–Kier alpha value is -1.20. The first-order chi connectivity index (χ1) is 7.58. The molecule has 0 fully saturated rings. The highest BCUT2D eigenvalue weighted by Crippen LogP contribution is 2.28. The van der Waals surface area contributed by atoms with E-state index in [4.69, 9.17) is 4.52 Å². The molecule has 1 aromatic carbocycles. The van der Waals surface area contributed by atoms with Crippen molar-refractivity contribution in [3.63, 3.8) is 0 Å². The monoisotopic (exact) mass is 282 g/mol. The van der Waals surface area contributed by atoms with Gasteiger partial charge in [0, 0.05) is 4.47 Å². The van der Waals surface area contributed by atoms with Gasteiger partial charge in [0.05, 0.1) is 5.56 Å². The molecular weight excluding hydrogens is 272 g/mol. The van der Waals surface area contributed by atoms with E-state index in [-0.39, 0.29) is 0 Å². The molecule has 0 spiro atoms. The van der Waals surface area contributed by atoms with Gasteiger partial charge in [-0.05, 0) is 41.9 Å². The average Bonchev–Trinajstić information content (AvgIpc) is 2.70. The molecule has 2 rings (SSSR count). The minimum atomic E-state index is -0.721. The van der Waals surface area contributed by atoms with Crippen LogP contribution in [-0.4, -0.2) is 15.2 Å². The Bertz CT molecular complexity index is 508. The third kappa shape index (κ3) is 2.15. The maximum absolute atomic E-state index is 9.31. The van der Waals surface area contributed by atoms with Crippen molar-refractivity contribution in [2.75, 3.05) is 0 Å². The average molecular weight is 283 g/mol. The zero-order valence-corrected chi connectivity index (χ0v) is 10.5. The summed E-state index contributed by atoms with van der Waals surface area (Å²) in [6.07, 6.45) is -0.721. The van der Waals surface area contributed by atoms with E-state index in [2.05, 4.69) is 26.1 Å². The summed E-state index contributed by atoms with van der Waals surface area (Å²) in [5, 5.41) is 13.0. The lowest BCUT2D eigenvalue weighted by Crippen LogP contribution is -1.93. The molecule has 1 N–H and O–H groups in total. The van der Waals surface area contributed by atoms with Crippen molar-refractivity contribution in [2.24, 2.45) is 0 Å². The van der Waals surface area contributed by atoms with Gasteiger partial charge in [-0.15, -0.1) is 0 Å². The molecule has 1 heterocycles. The Kier molecular flexibility index (Phi) is 3.07. The van der Waals surface area contributed by atoms with Gasteiger partial charge in [-0.25, -0.2) is 0 Å². The molecule has 4 nitrogen and oxygen atoms in total. The number of aliphatic hydroxyl groups is 1. The van der Waals surface area contributed by atoms with E-state index < -0.39 is 6.10 Å². The molecule has 5 heteroatoms. The maximum atomic E-state index is 9.31. The predicted molar refractivity (Wildman–Crippen MR) is 62.8 cm³/mol. The van der Waals surface area contributed by atoms with Crippen LogP contribution in [-0.2, 0) is 0 Å². The number of aliphatic hydroxyl groups excluding tert-OH is 1. The van der Waals surface area contributed by atoms with E-state index in [0.717, 1.165) is 15.6 Å². The van der Waals surface area contributed by atoms with Crippen molar-refractivity contribution in [3.8, 4) is 11.5 Å². The highest BCUT2D eigenvalue weighted by Gasteiger charge is 2.14. The lowest BCUT2D eigenvalue weighted by atomic mass is 10.1. The summed E-state index contributed by atoms with van der Waals surface area (Å²) in [5.41, 5.74) is 1.94. The van der Waals surface area contributed by atoms with Crippen LogP contribution >= 0.6 is 15.9 Å². The van der Waals surface area contributed by atoms with Crippen molar-refractivity contribution in [1.29, 1.82) is 0 Å². The minimum absolute atomic E-state index is 0.295. The van der Waals surface area contributed by atoms with Crippen molar-refractivity contribution in [3.05, 3.63) is 34.1 Å². The van der Waals surface area contributed by atoms with Crippen LogP contribution in [0.15, 0.2) is 27.2 Å². The Labute approximate surface area is 101 Å². The van der Waals surface area contributed by atoms with Crippen LogP contribution in [0.3, 0.4) is 0 Å². The molecule has 0 aliphatic heterocycles. The van der Waals surface area contributed by atoms with Gasteiger partial charge in [0.2, 0.25) is 0 Å². The van der Waals surface area contributed by atoms with Crippen LogP contribution in [0.25, 0.3) is 11.5 Å². The standard InChI is InChI=1S/C11H11BrN2O2/c1-6-3-4-9(12)8(5-6)11-13-10(7(2)15)14-16-11/h3-5,7,15H,1-2H3. The van der Waals surface area contributed by atoms with Crippen LogP contribution in [0.2, 0.25) is 0 Å². The number of benzene rings is 1. The zero-order valence-electron chi connectivity index (χ0n) is 8.94. The second kappa shape index (κ2) is 4.35. The lowest BCUT2D eigenvalue weighted by molar-refractivity contribution is 0.184. The van der Waals surface area contributed by atoms with E-state index >= 15 is 0 Å². The molecule has 0 saturated carbocycles. The topological polar surface area (TPSA) is 59.2 Å². The third-order valence-electron chi connectivity index (χ3n) is 2.17. The fourth-order valence-corrected chi connectivity index (χ4v) is 1.73. The van der Waals surface area contributed by atoms with Gasteiger partial charge in [-0.2, -0.15) is 4.98 Å². The molecule has 0 aliphatic rings. The van der Waals surface area contributed by atoms with E-state index in [1.165, 1.54) is 0 Å². The first kappa shape index (κ1) is 11.3. The van der Waals surface area contributed by atoms with Gasteiger partial charge >= 0.3 is 0 Å². The van der Waals surface area contributed by atoms with Crippen LogP contribution in [0.1, 0.15) is 24.4 Å². The number of aryl methyl sites for hydroxylation is 1. The van der Waals surface area contributed by atoms with Gasteiger partial charge in [0.1, 0.15) is 6.10 Å². The predicted octanol–water partition coefficient (Wildman–Crippen LogP) is 2.86. The highest BCUT2D eigenvalue weighted by molar-refractivity contribution is 9.10. The molecule has 1 atom stereocenters. The molecule has 0 aliphatic carbocycles.